The molecule has 0 aliphatic rings. The molecular weight excluding hydrogens is 378 g/mol. The van der Waals surface area contributed by atoms with Gasteiger partial charge in [0.05, 0.1) is 10.7 Å². The van der Waals surface area contributed by atoms with E-state index in [1.807, 2.05) is 32.0 Å². The van der Waals surface area contributed by atoms with Crippen LogP contribution >= 0.6 is 11.6 Å². The zero-order valence-corrected chi connectivity index (χ0v) is 17.0. The van der Waals surface area contributed by atoms with E-state index in [9.17, 15) is 4.79 Å². The topological polar surface area (TPSA) is 69.3 Å². The van der Waals surface area contributed by atoms with Crippen molar-refractivity contribution in [2.45, 2.75) is 40.3 Å². The molecule has 1 amide bonds. The minimum absolute atomic E-state index is 0.243. The van der Waals surface area contributed by atoms with Gasteiger partial charge in [0.1, 0.15) is 18.1 Å². The Balaban J connectivity index is 1.43. The SMILES string of the molecule is Cc1ccc(OCc2ccc(C(=O)NCCCn3cc(Cl)c(C)n3)o2)cc1C. The molecule has 1 aromatic carbocycles. The third kappa shape index (κ3) is 5.16. The van der Waals surface area contributed by atoms with Crippen molar-refractivity contribution < 1.29 is 13.9 Å². The van der Waals surface area contributed by atoms with Gasteiger partial charge in [-0.2, -0.15) is 5.10 Å². The van der Waals surface area contributed by atoms with Gasteiger partial charge in [-0.05, 0) is 62.6 Å². The zero-order chi connectivity index (χ0) is 20.1. The molecule has 3 aromatic rings. The molecule has 6 nitrogen and oxygen atoms in total. The molecule has 0 atom stereocenters. The van der Waals surface area contributed by atoms with E-state index in [0.29, 0.717) is 23.9 Å². The first-order valence-corrected chi connectivity index (χ1v) is 9.56. The van der Waals surface area contributed by atoms with Gasteiger partial charge >= 0.3 is 0 Å². The summed E-state index contributed by atoms with van der Waals surface area (Å²) in [5.41, 5.74) is 3.19. The largest absolute Gasteiger partial charge is 0.486 e. The number of carbonyl (C=O) groups is 1. The maximum absolute atomic E-state index is 12.2. The van der Waals surface area contributed by atoms with Gasteiger partial charge < -0.3 is 14.5 Å². The molecule has 0 radical (unpaired) electrons. The molecule has 3 rings (SSSR count). The maximum Gasteiger partial charge on any atom is 0.286 e. The summed E-state index contributed by atoms with van der Waals surface area (Å²) < 4.78 is 13.1. The van der Waals surface area contributed by atoms with E-state index in [-0.39, 0.29) is 18.3 Å². The number of nitrogens with one attached hydrogen (secondary N) is 1. The summed E-state index contributed by atoms with van der Waals surface area (Å²) in [6.07, 6.45) is 2.53. The average molecular weight is 402 g/mol. The number of amides is 1. The van der Waals surface area contributed by atoms with Gasteiger partial charge in [-0.3, -0.25) is 9.48 Å². The monoisotopic (exact) mass is 401 g/mol. The number of benzene rings is 1. The van der Waals surface area contributed by atoms with E-state index >= 15 is 0 Å². The molecule has 1 N–H and O–H groups in total. The molecule has 0 fully saturated rings. The first kappa shape index (κ1) is 20.0. The van der Waals surface area contributed by atoms with Crippen LogP contribution in [0.15, 0.2) is 40.9 Å². The fourth-order valence-electron chi connectivity index (χ4n) is 2.67. The number of carbonyl (C=O) groups excluding carboxylic acids is 1. The van der Waals surface area contributed by atoms with Crippen LogP contribution in [0.1, 0.15) is 39.6 Å². The van der Waals surface area contributed by atoms with Crippen molar-refractivity contribution in [3.63, 3.8) is 0 Å². The molecule has 2 heterocycles. The summed E-state index contributed by atoms with van der Waals surface area (Å²) in [6.45, 7) is 7.43. The van der Waals surface area contributed by atoms with Crippen LogP contribution in [0, 0.1) is 20.8 Å². The van der Waals surface area contributed by atoms with Crippen molar-refractivity contribution in [1.82, 2.24) is 15.1 Å². The Kier molecular flexibility index (Phi) is 6.41. The predicted octanol–water partition coefficient (Wildman–Crippen LogP) is 4.45. The Morgan fingerprint density at radius 2 is 2.04 bits per heavy atom. The number of hydrogen-bond acceptors (Lipinski definition) is 4. The van der Waals surface area contributed by atoms with Gasteiger partial charge in [0.25, 0.3) is 5.91 Å². The van der Waals surface area contributed by atoms with Gasteiger partial charge in [0, 0.05) is 19.3 Å². The molecule has 28 heavy (non-hydrogen) atoms. The lowest BCUT2D eigenvalue weighted by Crippen LogP contribution is -2.24. The highest BCUT2D eigenvalue weighted by Crippen LogP contribution is 2.18. The van der Waals surface area contributed by atoms with Crippen molar-refractivity contribution in [2.75, 3.05) is 6.54 Å². The lowest BCUT2D eigenvalue weighted by atomic mass is 10.1. The molecule has 7 heteroatoms. The number of aromatic nitrogens is 2. The number of ether oxygens (including phenoxy) is 1. The first-order chi connectivity index (χ1) is 13.4. The Bertz CT molecular complexity index is 942. The van der Waals surface area contributed by atoms with E-state index in [2.05, 4.69) is 17.3 Å². The van der Waals surface area contributed by atoms with E-state index < -0.39 is 0 Å². The Labute approximate surface area is 169 Å². The van der Waals surface area contributed by atoms with Crippen molar-refractivity contribution >= 4 is 17.5 Å². The fraction of sp³-hybridized carbons (Fsp3) is 0.333. The van der Waals surface area contributed by atoms with E-state index in [0.717, 1.165) is 17.9 Å². The third-order valence-electron chi connectivity index (χ3n) is 4.48. The van der Waals surface area contributed by atoms with Gasteiger partial charge in [-0.15, -0.1) is 0 Å². The van der Waals surface area contributed by atoms with Gasteiger partial charge in [0.2, 0.25) is 0 Å². The number of hydrogen-bond donors (Lipinski definition) is 1. The van der Waals surface area contributed by atoms with Crippen LogP contribution in [-0.4, -0.2) is 22.2 Å². The minimum Gasteiger partial charge on any atom is -0.486 e. The van der Waals surface area contributed by atoms with E-state index in [1.54, 1.807) is 23.0 Å². The Morgan fingerprint density at radius 1 is 1.21 bits per heavy atom. The Hall–Kier alpha value is -2.73. The normalized spacial score (nSPS) is 10.9. The van der Waals surface area contributed by atoms with Crippen LogP contribution in [-0.2, 0) is 13.2 Å². The van der Waals surface area contributed by atoms with Crippen LogP contribution in [0.5, 0.6) is 5.75 Å². The van der Waals surface area contributed by atoms with Crippen molar-refractivity contribution in [1.29, 1.82) is 0 Å². The Morgan fingerprint density at radius 3 is 2.75 bits per heavy atom. The highest BCUT2D eigenvalue weighted by molar-refractivity contribution is 6.31. The summed E-state index contributed by atoms with van der Waals surface area (Å²) in [7, 11) is 0. The highest BCUT2D eigenvalue weighted by Gasteiger charge is 2.11. The molecule has 2 aromatic heterocycles. The van der Waals surface area contributed by atoms with Gasteiger partial charge in [-0.25, -0.2) is 0 Å². The predicted molar refractivity (Wildman–Crippen MR) is 108 cm³/mol. The van der Waals surface area contributed by atoms with E-state index in [1.165, 1.54) is 11.1 Å². The number of rotatable bonds is 8. The second-order valence-electron chi connectivity index (χ2n) is 6.74. The molecule has 0 saturated carbocycles. The summed E-state index contributed by atoms with van der Waals surface area (Å²) in [5, 5.41) is 7.78. The molecule has 0 aliphatic heterocycles. The second-order valence-corrected chi connectivity index (χ2v) is 7.14. The average Bonchev–Trinajstić information content (AvgIpc) is 3.26. The summed E-state index contributed by atoms with van der Waals surface area (Å²) >= 11 is 5.98. The fourth-order valence-corrected chi connectivity index (χ4v) is 2.82. The van der Waals surface area contributed by atoms with Crippen LogP contribution < -0.4 is 10.1 Å². The number of aryl methyl sites for hydroxylation is 4. The van der Waals surface area contributed by atoms with E-state index in [4.69, 9.17) is 20.8 Å². The number of furan rings is 1. The molecule has 0 bridgehead atoms. The first-order valence-electron chi connectivity index (χ1n) is 9.19. The number of nitrogens with zero attached hydrogens (tertiary/aromatic N) is 2. The molecule has 0 unspecified atom stereocenters. The summed E-state index contributed by atoms with van der Waals surface area (Å²) in [6, 6.07) is 9.34. The third-order valence-corrected chi connectivity index (χ3v) is 4.85. The van der Waals surface area contributed by atoms with Crippen LogP contribution in [0.4, 0.5) is 0 Å². The molecular formula is C21H24ClN3O3. The lowest BCUT2D eigenvalue weighted by molar-refractivity contribution is 0.0921. The van der Waals surface area contributed by atoms with Crippen LogP contribution in [0.2, 0.25) is 5.02 Å². The molecule has 0 aliphatic carbocycles. The van der Waals surface area contributed by atoms with Crippen LogP contribution in [0.25, 0.3) is 0 Å². The molecule has 0 saturated heterocycles. The quantitative estimate of drug-likeness (QED) is 0.566. The number of halogens is 1. The zero-order valence-electron chi connectivity index (χ0n) is 16.3. The minimum atomic E-state index is -0.243. The smallest absolute Gasteiger partial charge is 0.286 e. The lowest BCUT2D eigenvalue weighted by Gasteiger charge is -2.07. The maximum atomic E-state index is 12.2. The van der Waals surface area contributed by atoms with Crippen LogP contribution in [0.3, 0.4) is 0 Å². The summed E-state index contributed by atoms with van der Waals surface area (Å²) in [5.74, 6) is 1.41. The molecule has 0 spiro atoms. The molecule has 148 valence electrons. The standard InChI is InChI=1S/C21H24ClN3O3/c1-14-5-6-17(11-15(14)2)27-13-18-7-8-20(28-18)21(26)23-9-4-10-25-12-19(22)16(3)24-25/h5-8,11-12H,4,9-10,13H2,1-3H3,(H,23,26). The van der Waals surface area contributed by atoms with Gasteiger partial charge in [0.15, 0.2) is 5.76 Å². The van der Waals surface area contributed by atoms with Crippen molar-refractivity contribution in [2.24, 2.45) is 0 Å². The highest BCUT2D eigenvalue weighted by atomic mass is 35.5. The van der Waals surface area contributed by atoms with Gasteiger partial charge in [-0.1, -0.05) is 17.7 Å². The van der Waals surface area contributed by atoms with Crippen molar-refractivity contribution in [3.8, 4) is 5.75 Å². The summed E-state index contributed by atoms with van der Waals surface area (Å²) in [4.78, 5) is 12.2. The second kappa shape index (κ2) is 8.97. The van der Waals surface area contributed by atoms with Crippen molar-refractivity contribution in [3.05, 3.63) is 69.9 Å².